The molecule has 1 rings (SSSR count). The maximum atomic E-state index is 12.0. The SMILES string of the molecule is CCC(C)(C)NC(=O)c1n[nH]c(C(C)C)c1N. The van der Waals surface area contributed by atoms with Gasteiger partial charge in [-0.3, -0.25) is 9.89 Å². The van der Waals surface area contributed by atoms with E-state index >= 15 is 0 Å². The quantitative estimate of drug-likeness (QED) is 0.750. The number of nitrogens with one attached hydrogen (secondary N) is 2. The van der Waals surface area contributed by atoms with Crippen molar-refractivity contribution in [1.29, 1.82) is 0 Å². The van der Waals surface area contributed by atoms with Crippen molar-refractivity contribution >= 4 is 11.6 Å². The van der Waals surface area contributed by atoms with E-state index < -0.39 is 0 Å². The van der Waals surface area contributed by atoms with Crippen LogP contribution < -0.4 is 11.1 Å². The van der Waals surface area contributed by atoms with E-state index in [0.29, 0.717) is 5.69 Å². The second-order valence-corrected chi connectivity index (χ2v) is 5.25. The molecule has 0 radical (unpaired) electrons. The number of amides is 1. The third-order valence-corrected chi connectivity index (χ3v) is 2.96. The van der Waals surface area contributed by atoms with Crippen molar-refractivity contribution in [3.63, 3.8) is 0 Å². The standard InChI is InChI=1S/C12H22N4O/c1-6-12(4,5)14-11(17)10-8(13)9(7(2)3)15-16-10/h7H,6,13H2,1-5H3,(H,14,17)(H,15,16). The van der Waals surface area contributed by atoms with Gasteiger partial charge in [0.1, 0.15) is 0 Å². The van der Waals surface area contributed by atoms with Gasteiger partial charge in [0.05, 0.1) is 11.4 Å². The number of carbonyl (C=O) groups is 1. The van der Waals surface area contributed by atoms with Crippen LogP contribution in [0.4, 0.5) is 5.69 Å². The Morgan fingerprint density at radius 3 is 2.53 bits per heavy atom. The number of H-pyrrole nitrogens is 1. The van der Waals surface area contributed by atoms with Crippen LogP contribution in [0.25, 0.3) is 0 Å². The van der Waals surface area contributed by atoms with Gasteiger partial charge in [-0.1, -0.05) is 20.8 Å². The minimum absolute atomic E-state index is 0.225. The Kier molecular flexibility index (Phi) is 3.80. The second-order valence-electron chi connectivity index (χ2n) is 5.25. The lowest BCUT2D eigenvalue weighted by molar-refractivity contribution is 0.0907. The molecule has 5 nitrogen and oxygen atoms in total. The average Bonchev–Trinajstić information content (AvgIpc) is 2.59. The van der Waals surface area contributed by atoms with Gasteiger partial charge in [-0.25, -0.2) is 0 Å². The van der Waals surface area contributed by atoms with Crippen LogP contribution in [-0.2, 0) is 0 Å². The lowest BCUT2D eigenvalue weighted by atomic mass is 10.0. The third-order valence-electron chi connectivity index (χ3n) is 2.96. The summed E-state index contributed by atoms with van der Waals surface area (Å²) in [5.74, 6) is 0.000681. The molecule has 1 aromatic heterocycles. The zero-order chi connectivity index (χ0) is 13.2. The smallest absolute Gasteiger partial charge is 0.274 e. The Hall–Kier alpha value is -1.52. The highest BCUT2D eigenvalue weighted by atomic mass is 16.2. The van der Waals surface area contributed by atoms with Crippen LogP contribution in [0.15, 0.2) is 0 Å². The van der Waals surface area contributed by atoms with E-state index in [1.807, 2.05) is 34.6 Å². The van der Waals surface area contributed by atoms with Crippen LogP contribution in [-0.4, -0.2) is 21.6 Å². The fourth-order valence-corrected chi connectivity index (χ4v) is 1.43. The fraction of sp³-hybridized carbons (Fsp3) is 0.667. The summed E-state index contributed by atoms with van der Waals surface area (Å²) in [7, 11) is 0. The molecule has 17 heavy (non-hydrogen) atoms. The van der Waals surface area contributed by atoms with Gasteiger partial charge in [-0.05, 0) is 26.2 Å². The van der Waals surface area contributed by atoms with E-state index in [1.165, 1.54) is 0 Å². The van der Waals surface area contributed by atoms with Crippen LogP contribution in [0.1, 0.15) is 63.1 Å². The number of carbonyl (C=O) groups excluding carboxylic acids is 1. The molecule has 4 N–H and O–H groups in total. The molecule has 0 aliphatic carbocycles. The highest BCUT2D eigenvalue weighted by molar-refractivity contribution is 5.98. The minimum atomic E-state index is -0.250. The average molecular weight is 238 g/mol. The maximum absolute atomic E-state index is 12.0. The zero-order valence-corrected chi connectivity index (χ0v) is 11.2. The second kappa shape index (κ2) is 4.77. The van der Waals surface area contributed by atoms with Crippen molar-refractivity contribution < 1.29 is 4.79 Å². The van der Waals surface area contributed by atoms with Crippen molar-refractivity contribution in [2.24, 2.45) is 0 Å². The lowest BCUT2D eigenvalue weighted by Crippen LogP contribution is -2.43. The van der Waals surface area contributed by atoms with Gasteiger partial charge >= 0.3 is 0 Å². The summed E-state index contributed by atoms with van der Waals surface area (Å²) in [5.41, 5.74) is 7.21. The summed E-state index contributed by atoms with van der Waals surface area (Å²) in [6.45, 7) is 9.96. The number of aromatic amines is 1. The van der Waals surface area contributed by atoms with Gasteiger partial charge in [0, 0.05) is 5.54 Å². The van der Waals surface area contributed by atoms with Crippen LogP contribution in [0.3, 0.4) is 0 Å². The largest absolute Gasteiger partial charge is 0.395 e. The summed E-state index contributed by atoms with van der Waals surface area (Å²) in [4.78, 5) is 12.0. The number of nitrogens with two attached hydrogens (primary N) is 1. The molecule has 96 valence electrons. The van der Waals surface area contributed by atoms with Gasteiger partial charge in [-0.2, -0.15) is 5.10 Å². The van der Waals surface area contributed by atoms with E-state index in [4.69, 9.17) is 5.73 Å². The lowest BCUT2D eigenvalue weighted by Gasteiger charge is -2.23. The van der Waals surface area contributed by atoms with E-state index in [2.05, 4.69) is 15.5 Å². The molecular formula is C12H22N4O. The molecule has 0 unspecified atom stereocenters. The van der Waals surface area contributed by atoms with E-state index in [1.54, 1.807) is 0 Å². The summed E-state index contributed by atoms with van der Waals surface area (Å²) >= 11 is 0. The molecule has 1 heterocycles. The zero-order valence-electron chi connectivity index (χ0n) is 11.2. The molecular weight excluding hydrogens is 216 g/mol. The summed E-state index contributed by atoms with van der Waals surface area (Å²) < 4.78 is 0. The van der Waals surface area contributed by atoms with Crippen molar-refractivity contribution in [3.05, 3.63) is 11.4 Å². The highest BCUT2D eigenvalue weighted by Gasteiger charge is 2.24. The Labute approximate surface area is 102 Å². The number of anilines is 1. The van der Waals surface area contributed by atoms with Crippen molar-refractivity contribution in [1.82, 2.24) is 15.5 Å². The van der Waals surface area contributed by atoms with Crippen LogP contribution in [0.2, 0.25) is 0 Å². The van der Waals surface area contributed by atoms with Crippen LogP contribution >= 0.6 is 0 Å². The molecule has 0 aliphatic heterocycles. The molecule has 0 fully saturated rings. The maximum Gasteiger partial charge on any atom is 0.274 e. The molecule has 0 atom stereocenters. The van der Waals surface area contributed by atoms with Gasteiger partial charge in [0.25, 0.3) is 5.91 Å². The first-order valence-electron chi connectivity index (χ1n) is 5.94. The first-order valence-corrected chi connectivity index (χ1v) is 5.94. The first kappa shape index (κ1) is 13.5. The Balaban J connectivity index is 2.91. The normalized spacial score (nSPS) is 11.9. The third kappa shape index (κ3) is 2.99. The van der Waals surface area contributed by atoms with Crippen molar-refractivity contribution in [2.75, 3.05) is 5.73 Å². The number of hydrogen-bond acceptors (Lipinski definition) is 3. The molecule has 1 amide bonds. The number of hydrogen-bond donors (Lipinski definition) is 3. The van der Waals surface area contributed by atoms with E-state index in [9.17, 15) is 4.79 Å². The Bertz CT molecular complexity index is 407. The monoisotopic (exact) mass is 238 g/mol. The number of rotatable bonds is 4. The molecule has 0 aliphatic rings. The van der Waals surface area contributed by atoms with Crippen LogP contribution in [0.5, 0.6) is 0 Å². The van der Waals surface area contributed by atoms with Crippen LogP contribution in [0, 0.1) is 0 Å². The Morgan fingerprint density at radius 1 is 1.53 bits per heavy atom. The van der Waals surface area contributed by atoms with E-state index in [0.717, 1.165) is 12.1 Å². The summed E-state index contributed by atoms with van der Waals surface area (Å²) in [5, 5.41) is 9.73. The predicted octanol–water partition coefficient (Wildman–Crippen LogP) is 2.03. The number of aromatic nitrogens is 2. The summed E-state index contributed by atoms with van der Waals surface area (Å²) in [6.07, 6.45) is 0.847. The molecule has 0 saturated carbocycles. The topological polar surface area (TPSA) is 83.8 Å². The van der Waals surface area contributed by atoms with Crippen molar-refractivity contribution in [2.45, 2.75) is 52.5 Å². The van der Waals surface area contributed by atoms with Gasteiger partial charge in [-0.15, -0.1) is 0 Å². The number of nitrogens with zero attached hydrogens (tertiary/aromatic N) is 1. The molecule has 0 bridgehead atoms. The summed E-state index contributed by atoms with van der Waals surface area (Å²) in [6, 6.07) is 0. The predicted molar refractivity (Wildman–Crippen MR) is 68.9 cm³/mol. The van der Waals surface area contributed by atoms with Gasteiger partial charge in [0.2, 0.25) is 0 Å². The highest BCUT2D eigenvalue weighted by Crippen LogP contribution is 2.22. The first-order chi connectivity index (χ1) is 7.78. The molecule has 1 aromatic rings. The Morgan fingerprint density at radius 2 is 2.12 bits per heavy atom. The van der Waals surface area contributed by atoms with Gasteiger partial charge < -0.3 is 11.1 Å². The molecule has 0 aromatic carbocycles. The molecule has 0 saturated heterocycles. The van der Waals surface area contributed by atoms with Gasteiger partial charge in [0.15, 0.2) is 5.69 Å². The number of nitrogen functional groups attached to an aromatic ring is 1. The minimum Gasteiger partial charge on any atom is -0.395 e. The van der Waals surface area contributed by atoms with E-state index in [-0.39, 0.29) is 23.1 Å². The molecule has 0 spiro atoms. The molecule has 5 heteroatoms. The van der Waals surface area contributed by atoms with Crippen molar-refractivity contribution in [3.8, 4) is 0 Å². The fourth-order valence-electron chi connectivity index (χ4n) is 1.43.